The molecule has 0 aliphatic carbocycles. The van der Waals surface area contributed by atoms with E-state index in [2.05, 4.69) is 20.8 Å². The van der Waals surface area contributed by atoms with Gasteiger partial charge in [0, 0.05) is 12.8 Å². The maximum atomic E-state index is 11.0. The fraction of sp³-hybridized carbons (Fsp3) is 0.714. The van der Waals surface area contributed by atoms with Crippen molar-refractivity contribution in [2.24, 2.45) is 7.05 Å². The van der Waals surface area contributed by atoms with Gasteiger partial charge in [-0.2, -0.15) is 0 Å². The number of carbonyl (C=O) groups is 1. The maximum Gasteiger partial charge on any atom is 0.324 e. The van der Waals surface area contributed by atoms with E-state index in [1.165, 1.54) is 16.4 Å². The van der Waals surface area contributed by atoms with Gasteiger partial charge in [0.2, 0.25) is 5.16 Å². The van der Waals surface area contributed by atoms with E-state index >= 15 is 0 Å². The minimum absolute atomic E-state index is 0.354. The summed E-state index contributed by atoms with van der Waals surface area (Å²) in [6.45, 7) is 1.62. The summed E-state index contributed by atoms with van der Waals surface area (Å²) < 4.78 is 1.50. The lowest BCUT2D eigenvalue weighted by atomic mass is 10.1. The molecule has 84 valence electrons. The van der Waals surface area contributed by atoms with Crippen molar-refractivity contribution in [2.45, 2.75) is 17.6 Å². The highest BCUT2D eigenvalue weighted by Crippen LogP contribution is 2.19. The molecule has 1 heterocycles. The molecular weight excluding hydrogens is 218 g/mol. The van der Waals surface area contributed by atoms with Gasteiger partial charge in [-0.3, -0.25) is 4.79 Å². The fourth-order valence-corrected chi connectivity index (χ4v) is 1.80. The first-order chi connectivity index (χ1) is 6.99. The molecule has 2 N–H and O–H groups in total. The van der Waals surface area contributed by atoms with Gasteiger partial charge in [-0.1, -0.05) is 11.8 Å². The zero-order valence-corrected chi connectivity index (χ0v) is 9.58. The quantitative estimate of drug-likeness (QED) is 0.651. The van der Waals surface area contributed by atoms with E-state index in [4.69, 9.17) is 5.11 Å². The topological polar surface area (TPSA) is 92.9 Å². The number of aryl methyl sites for hydroxylation is 1. The van der Waals surface area contributed by atoms with Gasteiger partial charge in [-0.25, -0.2) is 4.68 Å². The van der Waals surface area contributed by atoms with Crippen molar-refractivity contribution in [3.63, 3.8) is 0 Å². The Balaban J connectivity index is 2.63. The summed E-state index contributed by atoms with van der Waals surface area (Å²) in [5.41, 5.74) is -0.976. The number of aromatic nitrogens is 4. The van der Waals surface area contributed by atoms with Crippen LogP contribution in [0.2, 0.25) is 0 Å². The lowest BCUT2D eigenvalue weighted by molar-refractivity contribution is -0.142. The molecule has 0 spiro atoms. The van der Waals surface area contributed by atoms with Crippen LogP contribution in [0.1, 0.15) is 6.92 Å². The number of likely N-dealkylation sites (N-methyl/N-ethyl adjacent to an activating group) is 1. The average molecular weight is 231 g/mol. The van der Waals surface area contributed by atoms with Crippen LogP contribution in [0.25, 0.3) is 0 Å². The van der Waals surface area contributed by atoms with Gasteiger partial charge in [-0.05, 0) is 24.4 Å². The number of aliphatic carboxylic acids is 1. The third-order valence-electron chi connectivity index (χ3n) is 2.10. The Morgan fingerprint density at radius 3 is 2.80 bits per heavy atom. The number of rotatable bonds is 5. The average Bonchev–Trinajstić information content (AvgIpc) is 2.60. The summed E-state index contributed by atoms with van der Waals surface area (Å²) in [6.07, 6.45) is 0. The maximum absolute atomic E-state index is 11.0. The Morgan fingerprint density at radius 1 is 1.73 bits per heavy atom. The second-order valence-electron chi connectivity index (χ2n) is 3.26. The molecule has 0 saturated heterocycles. The highest BCUT2D eigenvalue weighted by molar-refractivity contribution is 7.99. The summed E-state index contributed by atoms with van der Waals surface area (Å²) in [5.74, 6) is -0.542. The van der Waals surface area contributed by atoms with E-state index in [0.29, 0.717) is 10.9 Å². The normalized spacial score (nSPS) is 14.9. The summed E-state index contributed by atoms with van der Waals surface area (Å²) in [4.78, 5) is 11.0. The fourth-order valence-electron chi connectivity index (χ4n) is 0.793. The van der Waals surface area contributed by atoms with Crippen molar-refractivity contribution in [1.82, 2.24) is 25.5 Å². The Morgan fingerprint density at radius 2 is 2.40 bits per heavy atom. The van der Waals surface area contributed by atoms with Crippen LogP contribution in [-0.2, 0) is 11.8 Å². The van der Waals surface area contributed by atoms with Crippen molar-refractivity contribution >= 4 is 17.7 Å². The zero-order chi connectivity index (χ0) is 11.5. The van der Waals surface area contributed by atoms with Crippen molar-refractivity contribution in [3.05, 3.63) is 0 Å². The molecule has 1 aromatic heterocycles. The van der Waals surface area contributed by atoms with Gasteiger partial charge in [0.25, 0.3) is 0 Å². The molecule has 7 nitrogen and oxygen atoms in total. The molecule has 0 aliphatic heterocycles. The van der Waals surface area contributed by atoms with Gasteiger partial charge >= 0.3 is 5.97 Å². The number of thioether (sulfide) groups is 1. The van der Waals surface area contributed by atoms with Crippen LogP contribution in [0, 0.1) is 0 Å². The first-order valence-corrected chi connectivity index (χ1v) is 5.25. The summed E-state index contributed by atoms with van der Waals surface area (Å²) in [5, 5.41) is 23.2. The Bertz CT molecular complexity index is 355. The van der Waals surface area contributed by atoms with E-state index in [1.807, 2.05) is 0 Å². The lowest BCUT2D eigenvalue weighted by Gasteiger charge is -2.22. The minimum Gasteiger partial charge on any atom is -0.480 e. The van der Waals surface area contributed by atoms with Crippen molar-refractivity contribution in [3.8, 4) is 0 Å². The second kappa shape index (κ2) is 4.58. The van der Waals surface area contributed by atoms with Gasteiger partial charge in [0.1, 0.15) is 5.54 Å². The van der Waals surface area contributed by atoms with E-state index in [1.54, 1.807) is 21.0 Å². The summed E-state index contributed by atoms with van der Waals surface area (Å²) in [6, 6.07) is 0. The highest BCUT2D eigenvalue weighted by Gasteiger charge is 2.31. The van der Waals surface area contributed by atoms with Crippen LogP contribution >= 0.6 is 11.8 Å². The van der Waals surface area contributed by atoms with Crippen molar-refractivity contribution < 1.29 is 9.90 Å². The van der Waals surface area contributed by atoms with Crippen LogP contribution in [0.4, 0.5) is 0 Å². The number of nitrogens with zero attached hydrogens (tertiary/aromatic N) is 4. The van der Waals surface area contributed by atoms with Crippen LogP contribution in [0.15, 0.2) is 5.16 Å². The SMILES string of the molecule is CNC(C)(CSc1nnnn1C)C(=O)O. The molecule has 0 saturated carbocycles. The van der Waals surface area contributed by atoms with Crippen molar-refractivity contribution in [2.75, 3.05) is 12.8 Å². The third-order valence-corrected chi connectivity index (χ3v) is 3.42. The summed E-state index contributed by atoms with van der Waals surface area (Å²) >= 11 is 1.30. The molecular formula is C7H13N5O2S. The zero-order valence-electron chi connectivity index (χ0n) is 8.76. The van der Waals surface area contributed by atoms with Crippen LogP contribution in [0.3, 0.4) is 0 Å². The Kier molecular flexibility index (Phi) is 3.64. The molecule has 0 fully saturated rings. The van der Waals surface area contributed by atoms with Crippen LogP contribution in [-0.4, -0.2) is 49.6 Å². The van der Waals surface area contributed by atoms with E-state index < -0.39 is 11.5 Å². The standard InChI is InChI=1S/C7H13N5O2S/c1-7(8-2,5(13)14)4-15-6-9-10-11-12(6)3/h8H,4H2,1-3H3,(H,13,14). The monoisotopic (exact) mass is 231 g/mol. The van der Waals surface area contributed by atoms with E-state index in [-0.39, 0.29) is 0 Å². The predicted molar refractivity (Wildman–Crippen MR) is 54.6 cm³/mol. The molecule has 0 radical (unpaired) electrons. The predicted octanol–water partition coefficient (Wildman–Crippen LogP) is -0.635. The molecule has 1 aromatic rings. The molecule has 0 aliphatic rings. The number of tetrazole rings is 1. The highest BCUT2D eigenvalue weighted by atomic mass is 32.2. The van der Waals surface area contributed by atoms with E-state index in [9.17, 15) is 4.79 Å². The van der Waals surface area contributed by atoms with Crippen LogP contribution in [0.5, 0.6) is 0 Å². The molecule has 15 heavy (non-hydrogen) atoms. The van der Waals surface area contributed by atoms with Gasteiger partial charge in [0.15, 0.2) is 0 Å². The second-order valence-corrected chi connectivity index (χ2v) is 4.20. The lowest BCUT2D eigenvalue weighted by Crippen LogP contribution is -2.49. The third kappa shape index (κ3) is 2.66. The first-order valence-electron chi connectivity index (χ1n) is 4.27. The minimum atomic E-state index is -0.976. The van der Waals surface area contributed by atoms with Gasteiger partial charge in [-0.15, -0.1) is 5.10 Å². The van der Waals surface area contributed by atoms with Gasteiger partial charge < -0.3 is 10.4 Å². The smallest absolute Gasteiger partial charge is 0.324 e. The van der Waals surface area contributed by atoms with E-state index in [0.717, 1.165) is 0 Å². The number of carboxylic acid groups (broad SMARTS) is 1. The molecule has 0 amide bonds. The number of hydrogen-bond donors (Lipinski definition) is 2. The molecule has 1 atom stereocenters. The van der Waals surface area contributed by atoms with Crippen molar-refractivity contribution in [1.29, 1.82) is 0 Å². The largest absolute Gasteiger partial charge is 0.480 e. The molecule has 0 bridgehead atoms. The number of hydrogen-bond acceptors (Lipinski definition) is 6. The van der Waals surface area contributed by atoms with Gasteiger partial charge in [0.05, 0.1) is 0 Å². The molecule has 8 heteroatoms. The van der Waals surface area contributed by atoms with Crippen LogP contribution < -0.4 is 5.32 Å². The summed E-state index contributed by atoms with van der Waals surface area (Å²) in [7, 11) is 3.32. The number of carboxylic acids is 1. The number of nitrogens with one attached hydrogen (secondary N) is 1. The molecule has 0 aromatic carbocycles. The Labute approximate surface area is 91.2 Å². The Hall–Kier alpha value is -1.15. The molecule has 1 unspecified atom stereocenters. The molecule has 1 rings (SSSR count). The first kappa shape index (κ1) is 11.9.